The lowest BCUT2D eigenvalue weighted by molar-refractivity contribution is 0.230. The molecule has 28 heavy (non-hydrogen) atoms. The van der Waals surface area contributed by atoms with Crippen molar-refractivity contribution in [1.29, 1.82) is 0 Å². The van der Waals surface area contributed by atoms with E-state index in [1.165, 1.54) is 12.1 Å². The van der Waals surface area contributed by atoms with Gasteiger partial charge >= 0.3 is 0 Å². The predicted molar refractivity (Wildman–Crippen MR) is 109 cm³/mol. The minimum Gasteiger partial charge on any atom is -0.489 e. The standard InChI is InChI=1S/C20H26FN3O3S/c1-3-22-20(23-13-14-28(25,26)19-7-5-4-6-8-19)24-15-16(2)27-18-11-9-17(21)10-12-18/h4-12,16H,3,13-15H2,1-2H3,(H2,22,23,24). The van der Waals surface area contributed by atoms with Gasteiger partial charge in [-0.2, -0.15) is 0 Å². The van der Waals surface area contributed by atoms with Crippen molar-refractivity contribution in [3.05, 3.63) is 60.4 Å². The lowest BCUT2D eigenvalue weighted by Gasteiger charge is -2.15. The number of nitrogens with one attached hydrogen (secondary N) is 2. The van der Waals surface area contributed by atoms with Crippen molar-refractivity contribution in [3.63, 3.8) is 0 Å². The number of aliphatic imine (C=N–C) groups is 1. The van der Waals surface area contributed by atoms with E-state index in [0.29, 0.717) is 29.7 Å². The molecule has 152 valence electrons. The topological polar surface area (TPSA) is 79.8 Å². The summed E-state index contributed by atoms with van der Waals surface area (Å²) < 4.78 is 43.3. The van der Waals surface area contributed by atoms with Gasteiger partial charge in [-0.1, -0.05) is 18.2 Å². The molecule has 0 saturated carbocycles. The first kappa shape index (κ1) is 21.7. The third-order valence-corrected chi connectivity index (χ3v) is 5.50. The Morgan fingerprint density at radius 3 is 2.43 bits per heavy atom. The van der Waals surface area contributed by atoms with Gasteiger partial charge in [-0.25, -0.2) is 17.8 Å². The summed E-state index contributed by atoms with van der Waals surface area (Å²) in [5.41, 5.74) is 0. The molecule has 6 nitrogen and oxygen atoms in total. The van der Waals surface area contributed by atoms with E-state index in [-0.39, 0.29) is 24.2 Å². The maximum Gasteiger partial charge on any atom is 0.191 e. The third-order valence-electron chi connectivity index (χ3n) is 3.77. The molecule has 2 N–H and O–H groups in total. The normalized spacial score (nSPS) is 13.0. The molecule has 0 bridgehead atoms. The van der Waals surface area contributed by atoms with Crippen molar-refractivity contribution in [3.8, 4) is 5.75 Å². The van der Waals surface area contributed by atoms with E-state index in [2.05, 4.69) is 15.6 Å². The molecule has 0 amide bonds. The van der Waals surface area contributed by atoms with Crippen LogP contribution in [-0.4, -0.2) is 45.9 Å². The van der Waals surface area contributed by atoms with Crippen LogP contribution in [-0.2, 0) is 9.84 Å². The summed E-state index contributed by atoms with van der Waals surface area (Å²) in [6.45, 7) is 5.02. The van der Waals surface area contributed by atoms with Crippen LogP contribution in [0.3, 0.4) is 0 Å². The van der Waals surface area contributed by atoms with Crippen LogP contribution < -0.4 is 15.4 Å². The van der Waals surface area contributed by atoms with Crippen molar-refractivity contribution in [2.45, 2.75) is 24.8 Å². The van der Waals surface area contributed by atoms with Crippen LogP contribution in [0.4, 0.5) is 4.39 Å². The second-order valence-corrected chi connectivity index (χ2v) is 8.27. The van der Waals surface area contributed by atoms with Gasteiger partial charge in [0.2, 0.25) is 0 Å². The van der Waals surface area contributed by atoms with Gasteiger partial charge in [-0.05, 0) is 50.2 Å². The highest BCUT2D eigenvalue weighted by Gasteiger charge is 2.13. The number of halogens is 1. The summed E-state index contributed by atoms with van der Waals surface area (Å²) in [6.07, 6.45) is -0.228. The number of ether oxygens (including phenoxy) is 1. The molecule has 2 aromatic carbocycles. The smallest absolute Gasteiger partial charge is 0.191 e. The molecule has 0 radical (unpaired) electrons. The minimum absolute atomic E-state index is 0.0386. The predicted octanol–water partition coefficient (Wildman–Crippen LogP) is 2.62. The molecule has 1 atom stereocenters. The Labute approximate surface area is 165 Å². The van der Waals surface area contributed by atoms with Crippen LogP contribution in [0.25, 0.3) is 0 Å². The molecule has 0 aliphatic heterocycles. The van der Waals surface area contributed by atoms with E-state index >= 15 is 0 Å². The number of hydrogen-bond acceptors (Lipinski definition) is 4. The molecule has 0 heterocycles. The molecular formula is C20H26FN3O3S. The van der Waals surface area contributed by atoms with E-state index in [9.17, 15) is 12.8 Å². The Morgan fingerprint density at radius 2 is 1.79 bits per heavy atom. The van der Waals surface area contributed by atoms with Gasteiger partial charge in [0.25, 0.3) is 0 Å². The molecule has 0 fully saturated rings. The summed E-state index contributed by atoms with van der Waals surface area (Å²) in [6, 6.07) is 14.2. The Balaban J connectivity index is 1.86. The summed E-state index contributed by atoms with van der Waals surface area (Å²) in [4.78, 5) is 4.73. The zero-order valence-corrected chi connectivity index (χ0v) is 16.9. The monoisotopic (exact) mass is 407 g/mol. The fourth-order valence-corrected chi connectivity index (χ4v) is 3.57. The van der Waals surface area contributed by atoms with Gasteiger partial charge in [0.15, 0.2) is 15.8 Å². The highest BCUT2D eigenvalue weighted by Crippen LogP contribution is 2.13. The van der Waals surface area contributed by atoms with Crippen molar-refractivity contribution in [1.82, 2.24) is 10.6 Å². The molecule has 0 aliphatic rings. The largest absolute Gasteiger partial charge is 0.489 e. The second-order valence-electron chi connectivity index (χ2n) is 6.16. The number of sulfone groups is 1. The molecule has 2 rings (SSSR count). The lowest BCUT2D eigenvalue weighted by atomic mass is 10.3. The number of nitrogens with zero attached hydrogens (tertiary/aromatic N) is 1. The molecular weight excluding hydrogens is 381 g/mol. The van der Waals surface area contributed by atoms with Gasteiger partial charge in [-0.15, -0.1) is 0 Å². The van der Waals surface area contributed by atoms with Crippen molar-refractivity contribution >= 4 is 15.8 Å². The second kappa shape index (κ2) is 10.7. The number of benzene rings is 2. The van der Waals surface area contributed by atoms with Crippen LogP contribution in [0.2, 0.25) is 0 Å². The lowest BCUT2D eigenvalue weighted by Crippen LogP contribution is -2.40. The fourth-order valence-electron chi connectivity index (χ4n) is 2.39. The average molecular weight is 408 g/mol. The Bertz CT molecular complexity index is 856. The zero-order valence-electron chi connectivity index (χ0n) is 16.1. The van der Waals surface area contributed by atoms with Crippen molar-refractivity contribution in [2.24, 2.45) is 4.99 Å². The highest BCUT2D eigenvalue weighted by atomic mass is 32.2. The highest BCUT2D eigenvalue weighted by molar-refractivity contribution is 7.91. The number of guanidine groups is 1. The molecule has 0 aromatic heterocycles. The summed E-state index contributed by atoms with van der Waals surface area (Å²) in [5.74, 6) is 0.724. The van der Waals surface area contributed by atoms with Crippen LogP contribution in [0.15, 0.2) is 64.5 Å². The Hall–Kier alpha value is -2.61. The summed E-state index contributed by atoms with van der Waals surface area (Å²) >= 11 is 0. The van der Waals surface area contributed by atoms with Crippen LogP contribution in [0.1, 0.15) is 13.8 Å². The Morgan fingerprint density at radius 1 is 1.11 bits per heavy atom. The maximum absolute atomic E-state index is 12.9. The first-order valence-electron chi connectivity index (χ1n) is 9.13. The SMILES string of the molecule is CCNC(=NCC(C)Oc1ccc(F)cc1)NCCS(=O)(=O)c1ccccc1. The van der Waals surface area contributed by atoms with E-state index < -0.39 is 9.84 Å². The van der Waals surface area contributed by atoms with Crippen LogP contribution in [0.5, 0.6) is 5.75 Å². The number of rotatable bonds is 9. The van der Waals surface area contributed by atoms with Gasteiger partial charge in [0.05, 0.1) is 17.2 Å². The van der Waals surface area contributed by atoms with Gasteiger partial charge in [-0.3, -0.25) is 0 Å². The average Bonchev–Trinajstić information content (AvgIpc) is 2.68. The maximum atomic E-state index is 12.9. The van der Waals surface area contributed by atoms with Gasteiger partial charge in [0.1, 0.15) is 17.7 Å². The molecule has 8 heteroatoms. The van der Waals surface area contributed by atoms with E-state index in [1.54, 1.807) is 42.5 Å². The Kier molecular flexibility index (Phi) is 8.25. The number of hydrogen-bond donors (Lipinski definition) is 2. The minimum atomic E-state index is -3.35. The van der Waals surface area contributed by atoms with E-state index in [1.807, 2.05) is 13.8 Å². The zero-order chi connectivity index (χ0) is 20.4. The van der Waals surface area contributed by atoms with E-state index in [0.717, 1.165) is 0 Å². The first-order chi connectivity index (χ1) is 13.4. The van der Waals surface area contributed by atoms with Crippen molar-refractivity contribution in [2.75, 3.05) is 25.4 Å². The molecule has 2 aromatic rings. The molecule has 0 saturated heterocycles. The van der Waals surface area contributed by atoms with Crippen LogP contribution in [0, 0.1) is 5.82 Å². The van der Waals surface area contributed by atoms with Gasteiger partial charge in [0, 0.05) is 13.1 Å². The first-order valence-corrected chi connectivity index (χ1v) is 10.8. The van der Waals surface area contributed by atoms with Crippen molar-refractivity contribution < 1.29 is 17.5 Å². The fraction of sp³-hybridized carbons (Fsp3) is 0.350. The molecule has 0 spiro atoms. The molecule has 1 unspecified atom stereocenters. The quantitative estimate of drug-likeness (QED) is 0.493. The summed E-state index contributed by atoms with van der Waals surface area (Å²) in [7, 11) is -3.35. The van der Waals surface area contributed by atoms with E-state index in [4.69, 9.17) is 4.74 Å². The van der Waals surface area contributed by atoms with Gasteiger partial charge < -0.3 is 15.4 Å². The third kappa shape index (κ3) is 7.19. The molecule has 0 aliphatic carbocycles. The summed E-state index contributed by atoms with van der Waals surface area (Å²) in [5, 5.41) is 6.10. The van der Waals surface area contributed by atoms with Crippen LogP contribution >= 0.6 is 0 Å².